The van der Waals surface area contributed by atoms with Gasteiger partial charge in [0.25, 0.3) is 0 Å². The van der Waals surface area contributed by atoms with E-state index in [1.807, 2.05) is 10.8 Å². The van der Waals surface area contributed by atoms with Crippen LogP contribution in [-0.4, -0.2) is 29.7 Å². The maximum absolute atomic E-state index is 11.9. The lowest BCUT2D eigenvalue weighted by molar-refractivity contribution is -0.116. The first-order chi connectivity index (χ1) is 10.7. The first kappa shape index (κ1) is 15.9. The number of ether oxygens (including phenoxy) is 2. The monoisotopic (exact) mass is 303 g/mol. The molecular formula is C16H21N3O3. The number of nitrogens with zero attached hydrogens (tertiary/aromatic N) is 2. The molecule has 0 atom stereocenters. The standard InChI is InChI=1S/C16H21N3O3/c1-21-14-7-6-13(11-15(14)22-2)18-16(20)5-3-4-9-19-10-8-17-12-19/h6-8,10-12H,3-5,9H2,1-2H3,(H,18,20). The fraction of sp³-hybridized carbons (Fsp3) is 0.375. The van der Waals surface area contributed by atoms with E-state index in [0.29, 0.717) is 23.6 Å². The van der Waals surface area contributed by atoms with E-state index in [1.54, 1.807) is 44.9 Å². The Hall–Kier alpha value is -2.50. The number of aromatic nitrogens is 2. The van der Waals surface area contributed by atoms with Crippen LogP contribution in [0.5, 0.6) is 11.5 Å². The second kappa shape index (κ2) is 8.07. The molecule has 1 aromatic carbocycles. The van der Waals surface area contributed by atoms with Crippen molar-refractivity contribution in [2.45, 2.75) is 25.8 Å². The molecule has 0 aliphatic carbocycles. The van der Waals surface area contributed by atoms with Crippen molar-refractivity contribution in [3.63, 3.8) is 0 Å². The minimum absolute atomic E-state index is 0.00199. The SMILES string of the molecule is COc1ccc(NC(=O)CCCCn2ccnc2)cc1OC. The van der Waals surface area contributed by atoms with Gasteiger partial charge in [-0.1, -0.05) is 0 Å². The molecule has 2 rings (SSSR count). The second-order valence-electron chi connectivity index (χ2n) is 4.88. The summed E-state index contributed by atoms with van der Waals surface area (Å²) in [5.74, 6) is 1.24. The molecule has 0 fully saturated rings. The maximum Gasteiger partial charge on any atom is 0.224 e. The van der Waals surface area contributed by atoms with Crippen molar-refractivity contribution in [2.75, 3.05) is 19.5 Å². The Bertz CT molecular complexity index is 597. The number of anilines is 1. The van der Waals surface area contributed by atoms with Crippen LogP contribution in [0.15, 0.2) is 36.9 Å². The normalized spacial score (nSPS) is 10.3. The molecule has 0 saturated carbocycles. The van der Waals surface area contributed by atoms with Gasteiger partial charge in [0, 0.05) is 37.1 Å². The van der Waals surface area contributed by atoms with Crippen LogP contribution in [-0.2, 0) is 11.3 Å². The lowest BCUT2D eigenvalue weighted by Gasteiger charge is -2.10. The van der Waals surface area contributed by atoms with Crippen molar-refractivity contribution in [3.8, 4) is 11.5 Å². The number of imidazole rings is 1. The molecular weight excluding hydrogens is 282 g/mol. The molecule has 0 bridgehead atoms. The number of unbranched alkanes of at least 4 members (excludes halogenated alkanes) is 1. The number of amides is 1. The van der Waals surface area contributed by atoms with Crippen LogP contribution in [0, 0.1) is 0 Å². The third kappa shape index (κ3) is 4.51. The molecule has 2 aromatic rings. The predicted molar refractivity (Wildman–Crippen MR) is 84.3 cm³/mol. The third-order valence-electron chi connectivity index (χ3n) is 3.30. The van der Waals surface area contributed by atoms with E-state index in [0.717, 1.165) is 19.4 Å². The van der Waals surface area contributed by atoms with Gasteiger partial charge < -0.3 is 19.4 Å². The van der Waals surface area contributed by atoms with Gasteiger partial charge in [0.05, 0.1) is 20.5 Å². The van der Waals surface area contributed by atoms with Crippen LogP contribution in [0.1, 0.15) is 19.3 Å². The number of hydrogen-bond acceptors (Lipinski definition) is 4. The van der Waals surface area contributed by atoms with Crippen molar-refractivity contribution >= 4 is 11.6 Å². The van der Waals surface area contributed by atoms with E-state index in [-0.39, 0.29) is 5.91 Å². The van der Waals surface area contributed by atoms with Crippen LogP contribution in [0.2, 0.25) is 0 Å². The average Bonchev–Trinajstić information content (AvgIpc) is 3.04. The maximum atomic E-state index is 11.9. The number of rotatable bonds is 8. The molecule has 22 heavy (non-hydrogen) atoms. The molecule has 6 nitrogen and oxygen atoms in total. The summed E-state index contributed by atoms with van der Waals surface area (Å²) in [7, 11) is 3.15. The second-order valence-corrected chi connectivity index (χ2v) is 4.88. The van der Waals surface area contributed by atoms with Gasteiger partial charge in [0.2, 0.25) is 5.91 Å². The van der Waals surface area contributed by atoms with Crippen molar-refractivity contribution in [3.05, 3.63) is 36.9 Å². The van der Waals surface area contributed by atoms with E-state index in [1.165, 1.54) is 0 Å². The van der Waals surface area contributed by atoms with Crippen LogP contribution >= 0.6 is 0 Å². The number of carbonyl (C=O) groups is 1. The topological polar surface area (TPSA) is 65.4 Å². The van der Waals surface area contributed by atoms with Crippen molar-refractivity contribution in [1.29, 1.82) is 0 Å². The lowest BCUT2D eigenvalue weighted by atomic mass is 10.2. The Balaban J connectivity index is 1.76. The van der Waals surface area contributed by atoms with Crippen LogP contribution in [0.4, 0.5) is 5.69 Å². The number of carbonyl (C=O) groups excluding carboxylic acids is 1. The van der Waals surface area contributed by atoms with Crippen LogP contribution in [0.3, 0.4) is 0 Å². The number of benzene rings is 1. The van der Waals surface area contributed by atoms with Crippen molar-refractivity contribution < 1.29 is 14.3 Å². The van der Waals surface area contributed by atoms with Gasteiger partial charge >= 0.3 is 0 Å². The largest absolute Gasteiger partial charge is 0.493 e. The highest BCUT2D eigenvalue weighted by molar-refractivity contribution is 5.91. The molecule has 0 aliphatic heterocycles. The Morgan fingerprint density at radius 1 is 1.23 bits per heavy atom. The molecule has 118 valence electrons. The van der Waals surface area contributed by atoms with Gasteiger partial charge in [-0.05, 0) is 25.0 Å². The zero-order valence-corrected chi connectivity index (χ0v) is 12.9. The Morgan fingerprint density at radius 2 is 2.05 bits per heavy atom. The summed E-state index contributed by atoms with van der Waals surface area (Å²) in [6.45, 7) is 0.879. The molecule has 1 heterocycles. The Labute approximate surface area is 130 Å². The quantitative estimate of drug-likeness (QED) is 0.762. The minimum Gasteiger partial charge on any atom is -0.493 e. The van der Waals surface area contributed by atoms with Crippen molar-refractivity contribution in [2.24, 2.45) is 0 Å². The van der Waals surface area contributed by atoms with Gasteiger partial charge in [0.1, 0.15) is 0 Å². The summed E-state index contributed by atoms with van der Waals surface area (Å²) >= 11 is 0. The molecule has 6 heteroatoms. The van der Waals surface area contributed by atoms with Crippen molar-refractivity contribution in [1.82, 2.24) is 9.55 Å². The summed E-state index contributed by atoms with van der Waals surface area (Å²) in [6, 6.07) is 5.32. The molecule has 1 N–H and O–H groups in total. The van der Waals surface area contributed by atoms with Gasteiger partial charge in [-0.3, -0.25) is 4.79 Å². The summed E-state index contributed by atoms with van der Waals surface area (Å²) in [4.78, 5) is 15.9. The van der Waals surface area contributed by atoms with E-state index in [4.69, 9.17) is 9.47 Å². The highest BCUT2D eigenvalue weighted by Crippen LogP contribution is 2.29. The van der Waals surface area contributed by atoms with Gasteiger partial charge in [-0.25, -0.2) is 4.98 Å². The molecule has 1 aromatic heterocycles. The van der Waals surface area contributed by atoms with E-state index >= 15 is 0 Å². The first-order valence-corrected chi connectivity index (χ1v) is 7.20. The molecule has 0 aliphatic rings. The zero-order valence-electron chi connectivity index (χ0n) is 12.9. The Kier molecular flexibility index (Phi) is 5.82. The fourth-order valence-electron chi connectivity index (χ4n) is 2.14. The first-order valence-electron chi connectivity index (χ1n) is 7.20. The fourth-order valence-corrected chi connectivity index (χ4v) is 2.14. The Morgan fingerprint density at radius 3 is 2.73 bits per heavy atom. The third-order valence-corrected chi connectivity index (χ3v) is 3.30. The summed E-state index contributed by atoms with van der Waals surface area (Å²) < 4.78 is 12.4. The minimum atomic E-state index is -0.00199. The average molecular weight is 303 g/mol. The molecule has 0 saturated heterocycles. The van der Waals surface area contributed by atoms with Crippen LogP contribution < -0.4 is 14.8 Å². The number of aryl methyl sites for hydroxylation is 1. The highest BCUT2D eigenvalue weighted by atomic mass is 16.5. The van der Waals surface area contributed by atoms with Gasteiger partial charge in [0.15, 0.2) is 11.5 Å². The van der Waals surface area contributed by atoms with Gasteiger partial charge in [-0.2, -0.15) is 0 Å². The number of nitrogens with one attached hydrogen (secondary N) is 1. The smallest absolute Gasteiger partial charge is 0.224 e. The molecule has 1 amide bonds. The number of hydrogen-bond donors (Lipinski definition) is 1. The summed E-state index contributed by atoms with van der Waals surface area (Å²) in [5, 5.41) is 2.87. The highest BCUT2D eigenvalue weighted by Gasteiger charge is 2.07. The number of methoxy groups -OCH3 is 2. The molecule has 0 radical (unpaired) electrons. The molecule has 0 unspecified atom stereocenters. The molecule has 0 spiro atoms. The predicted octanol–water partition coefficient (Wildman–Crippen LogP) is 2.71. The van der Waals surface area contributed by atoms with E-state index in [9.17, 15) is 4.79 Å². The van der Waals surface area contributed by atoms with E-state index in [2.05, 4.69) is 10.3 Å². The zero-order chi connectivity index (χ0) is 15.8. The summed E-state index contributed by atoms with van der Waals surface area (Å²) in [6.07, 6.45) is 7.72. The lowest BCUT2D eigenvalue weighted by Crippen LogP contribution is -2.11. The summed E-state index contributed by atoms with van der Waals surface area (Å²) in [5.41, 5.74) is 0.706. The van der Waals surface area contributed by atoms with E-state index < -0.39 is 0 Å². The van der Waals surface area contributed by atoms with Crippen LogP contribution in [0.25, 0.3) is 0 Å². The van der Waals surface area contributed by atoms with Gasteiger partial charge in [-0.15, -0.1) is 0 Å².